The highest BCUT2D eigenvalue weighted by Crippen LogP contribution is 2.36. The largest absolute Gasteiger partial charge is 0.494 e. The van der Waals surface area contributed by atoms with E-state index in [1.165, 1.54) is 32.0 Å². The molecule has 2 aromatic carbocycles. The highest BCUT2D eigenvalue weighted by molar-refractivity contribution is 6.02. The Balaban J connectivity index is 0.000000494. The maximum absolute atomic E-state index is 11.8. The second kappa shape index (κ2) is 12.2. The lowest BCUT2D eigenvalue weighted by Crippen LogP contribution is -2.10. The van der Waals surface area contributed by atoms with Gasteiger partial charge in [-0.05, 0) is 57.3 Å². The average molecular weight is 514 g/mol. The summed E-state index contributed by atoms with van der Waals surface area (Å²) >= 11 is 0. The van der Waals surface area contributed by atoms with Gasteiger partial charge in [0.25, 0.3) is 0 Å². The Kier molecular flexibility index (Phi) is 8.60. The number of para-hydroxylation sites is 1. The van der Waals surface area contributed by atoms with Crippen molar-refractivity contribution in [3.05, 3.63) is 67.5 Å². The Bertz CT molecular complexity index is 1420. The van der Waals surface area contributed by atoms with Crippen LogP contribution in [-0.2, 0) is 11.8 Å². The van der Waals surface area contributed by atoms with Crippen LogP contribution in [-0.4, -0.2) is 59.6 Å². The van der Waals surface area contributed by atoms with Gasteiger partial charge in [0.2, 0.25) is 11.9 Å². The van der Waals surface area contributed by atoms with E-state index in [0.29, 0.717) is 28.8 Å². The normalized spacial score (nSPS) is 12.9. The number of carbonyl (C=O) groups excluding carboxylic acids is 1. The Morgan fingerprint density at radius 3 is 2.50 bits per heavy atom. The fourth-order valence-corrected chi connectivity index (χ4v) is 4.45. The van der Waals surface area contributed by atoms with Crippen LogP contribution in [0.4, 0.5) is 23.0 Å². The number of anilines is 4. The van der Waals surface area contributed by atoms with Gasteiger partial charge < -0.3 is 30.2 Å². The third-order valence-electron chi connectivity index (χ3n) is 6.46. The fourth-order valence-electron chi connectivity index (χ4n) is 4.45. The molecule has 9 nitrogen and oxygen atoms in total. The smallest absolute Gasteiger partial charge is 0.247 e. The number of hydrogen-bond donors (Lipinski definition) is 3. The molecule has 1 aliphatic rings. The molecule has 1 fully saturated rings. The highest BCUT2D eigenvalue weighted by atomic mass is 16.5. The lowest BCUT2D eigenvalue weighted by Gasteiger charge is -2.16. The summed E-state index contributed by atoms with van der Waals surface area (Å²) in [5.41, 5.74) is 4.83. The first-order valence-corrected chi connectivity index (χ1v) is 12.6. The van der Waals surface area contributed by atoms with Crippen molar-refractivity contribution in [2.24, 2.45) is 7.05 Å². The predicted molar refractivity (Wildman–Crippen MR) is 155 cm³/mol. The third-order valence-corrected chi connectivity index (χ3v) is 6.46. The summed E-state index contributed by atoms with van der Waals surface area (Å²) in [6, 6.07) is 13.6. The van der Waals surface area contributed by atoms with Crippen LogP contribution in [0.15, 0.2) is 67.5 Å². The van der Waals surface area contributed by atoms with Crippen LogP contribution in [0.25, 0.3) is 22.2 Å². The minimum atomic E-state index is -0.313. The summed E-state index contributed by atoms with van der Waals surface area (Å²) in [6.07, 6.45) is 7.81. The maximum Gasteiger partial charge on any atom is 0.247 e. The van der Waals surface area contributed by atoms with Gasteiger partial charge in [-0.25, -0.2) is 9.97 Å². The van der Waals surface area contributed by atoms with E-state index in [2.05, 4.69) is 62.4 Å². The molecule has 3 N–H and O–H groups in total. The zero-order chi connectivity index (χ0) is 27.1. The quantitative estimate of drug-likeness (QED) is 0.290. The number of amides is 1. The minimum absolute atomic E-state index is 0.313. The number of carbonyl (C=O) groups is 1. The number of benzene rings is 2. The summed E-state index contributed by atoms with van der Waals surface area (Å²) in [6.45, 7) is 6.14. The molecular weight excluding hydrogens is 478 g/mol. The zero-order valence-electron chi connectivity index (χ0n) is 22.4. The SMILES string of the molecule is C=CC(=O)Nc1cc(Nc2nccc(-c3cn(C)c4ccccc34)n2)c(OC)cc1NC.CN1CCCC1. The van der Waals surface area contributed by atoms with Gasteiger partial charge >= 0.3 is 0 Å². The van der Waals surface area contributed by atoms with Crippen LogP contribution in [0, 0.1) is 0 Å². The van der Waals surface area contributed by atoms with E-state index < -0.39 is 0 Å². The molecule has 198 valence electrons. The van der Waals surface area contributed by atoms with Crippen LogP contribution >= 0.6 is 0 Å². The fraction of sp³-hybridized carbons (Fsp3) is 0.276. The molecular formula is C29H35N7O2. The molecule has 38 heavy (non-hydrogen) atoms. The molecule has 4 aromatic rings. The van der Waals surface area contributed by atoms with Crippen molar-refractivity contribution in [2.75, 3.05) is 50.2 Å². The molecule has 0 aliphatic carbocycles. The Morgan fingerprint density at radius 2 is 1.84 bits per heavy atom. The number of nitrogens with one attached hydrogen (secondary N) is 3. The first kappa shape index (κ1) is 26.7. The van der Waals surface area contributed by atoms with Gasteiger partial charge in [-0.15, -0.1) is 0 Å². The van der Waals surface area contributed by atoms with Crippen molar-refractivity contribution in [1.82, 2.24) is 19.4 Å². The number of ether oxygens (including phenoxy) is 1. The predicted octanol–water partition coefficient (Wildman–Crippen LogP) is 5.27. The van der Waals surface area contributed by atoms with Gasteiger partial charge in [0.05, 0.1) is 29.9 Å². The summed E-state index contributed by atoms with van der Waals surface area (Å²) in [7, 11) is 7.53. The molecule has 3 heterocycles. The molecule has 0 atom stereocenters. The summed E-state index contributed by atoms with van der Waals surface area (Å²) in [5, 5.41) is 10.2. The van der Waals surface area contributed by atoms with Crippen molar-refractivity contribution in [2.45, 2.75) is 12.8 Å². The van der Waals surface area contributed by atoms with Crippen LogP contribution in [0.3, 0.4) is 0 Å². The molecule has 0 bridgehead atoms. The molecule has 1 amide bonds. The summed E-state index contributed by atoms with van der Waals surface area (Å²) in [5.74, 6) is 0.670. The van der Waals surface area contributed by atoms with Crippen molar-refractivity contribution < 1.29 is 9.53 Å². The van der Waals surface area contributed by atoms with E-state index in [1.54, 1.807) is 32.5 Å². The van der Waals surface area contributed by atoms with Crippen molar-refractivity contribution in [3.8, 4) is 17.0 Å². The standard InChI is InChI=1S/C24H24N6O2.C5H11N/c1-5-23(31)27-19-12-20(22(32-4)13-18(19)25-2)29-24-26-11-10-17(28-24)16-14-30(3)21-9-7-6-8-15(16)21;1-6-4-2-3-5-6/h5-14,25H,1H2,2-4H3,(H,27,31)(H,26,28,29);2-5H2,1H3. The van der Waals surface area contributed by atoms with Crippen molar-refractivity contribution >= 4 is 39.8 Å². The molecule has 1 saturated heterocycles. The Morgan fingerprint density at radius 1 is 1.08 bits per heavy atom. The molecule has 0 saturated carbocycles. The van der Waals surface area contributed by atoms with Gasteiger partial charge in [-0.2, -0.15) is 0 Å². The van der Waals surface area contributed by atoms with E-state index in [0.717, 1.165) is 22.2 Å². The monoisotopic (exact) mass is 513 g/mol. The average Bonchev–Trinajstić information content (AvgIpc) is 3.55. The maximum atomic E-state index is 11.8. The zero-order valence-corrected chi connectivity index (χ0v) is 22.4. The number of aromatic nitrogens is 3. The van der Waals surface area contributed by atoms with E-state index in [4.69, 9.17) is 9.72 Å². The number of rotatable bonds is 7. The molecule has 0 unspecified atom stereocenters. The highest BCUT2D eigenvalue weighted by Gasteiger charge is 2.14. The van der Waals surface area contributed by atoms with Crippen molar-refractivity contribution in [1.29, 1.82) is 0 Å². The Hall–Kier alpha value is -4.37. The summed E-state index contributed by atoms with van der Waals surface area (Å²) < 4.78 is 7.61. The number of hydrogen-bond acceptors (Lipinski definition) is 7. The minimum Gasteiger partial charge on any atom is -0.494 e. The molecule has 0 spiro atoms. The number of likely N-dealkylation sites (tertiary alicyclic amines) is 1. The van der Waals surface area contributed by atoms with Crippen molar-refractivity contribution in [3.63, 3.8) is 0 Å². The number of methoxy groups -OCH3 is 1. The molecule has 9 heteroatoms. The van der Waals surface area contributed by atoms with Crippen LogP contribution in [0.2, 0.25) is 0 Å². The topological polar surface area (TPSA) is 96.3 Å². The molecule has 2 aromatic heterocycles. The second-order valence-electron chi connectivity index (χ2n) is 9.11. The first-order chi connectivity index (χ1) is 18.4. The van der Waals surface area contributed by atoms with E-state index in [-0.39, 0.29) is 5.91 Å². The second-order valence-corrected chi connectivity index (χ2v) is 9.11. The molecule has 0 radical (unpaired) electrons. The lowest BCUT2D eigenvalue weighted by atomic mass is 10.1. The summed E-state index contributed by atoms with van der Waals surface area (Å²) in [4.78, 5) is 23.3. The number of fused-ring (bicyclic) bond motifs is 1. The van der Waals surface area contributed by atoms with Gasteiger partial charge in [0.15, 0.2) is 0 Å². The van der Waals surface area contributed by atoms with Gasteiger partial charge in [0, 0.05) is 49.0 Å². The molecule has 5 rings (SSSR count). The van der Waals surface area contributed by atoms with Crippen LogP contribution in [0.5, 0.6) is 5.75 Å². The van der Waals surface area contributed by atoms with Gasteiger partial charge in [0.1, 0.15) is 5.75 Å². The van der Waals surface area contributed by atoms with Crippen LogP contribution in [0.1, 0.15) is 12.8 Å². The lowest BCUT2D eigenvalue weighted by molar-refractivity contribution is -0.111. The number of nitrogens with zero attached hydrogens (tertiary/aromatic N) is 4. The van der Waals surface area contributed by atoms with E-state index >= 15 is 0 Å². The van der Waals surface area contributed by atoms with Gasteiger partial charge in [-0.1, -0.05) is 24.8 Å². The molecule has 1 aliphatic heterocycles. The third kappa shape index (κ3) is 6.12. The first-order valence-electron chi connectivity index (χ1n) is 12.6. The van der Waals surface area contributed by atoms with Crippen LogP contribution < -0.4 is 20.7 Å². The van der Waals surface area contributed by atoms with Gasteiger partial charge in [-0.3, -0.25) is 4.79 Å². The van der Waals surface area contributed by atoms with E-state index in [9.17, 15) is 4.79 Å². The number of aryl methyl sites for hydroxylation is 1. The van der Waals surface area contributed by atoms with E-state index in [1.807, 2.05) is 25.2 Å². The Labute approximate surface area is 223 Å².